The number of hydrogen-bond acceptors (Lipinski definition) is 11. The van der Waals surface area contributed by atoms with E-state index < -0.39 is 55.9 Å². The second kappa shape index (κ2) is 15.4. The third-order valence-electron chi connectivity index (χ3n) is 8.83. The van der Waals surface area contributed by atoms with Gasteiger partial charge in [-0.05, 0) is 56.4 Å². The maximum atomic E-state index is 14.2. The van der Waals surface area contributed by atoms with Crippen LogP contribution in [0, 0.1) is 11.8 Å². The van der Waals surface area contributed by atoms with Gasteiger partial charge in [0, 0.05) is 25.5 Å². The Labute approximate surface area is 287 Å². The maximum absolute atomic E-state index is 14.2. The average molecular weight is 723 g/mol. The number of ether oxygens (including phenoxy) is 3. The van der Waals surface area contributed by atoms with Crippen molar-refractivity contribution in [1.29, 1.82) is 0 Å². The van der Waals surface area contributed by atoms with Crippen LogP contribution >= 0.6 is 0 Å². The van der Waals surface area contributed by atoms with E-state index in [9.17, 15) is 26.7 Å². The van der Waals surface area contributed by atoms with Crippen molar-refractivity contribution in [2.75, 3.05) is 33.4 Å². The van der Waals surface area contributed by atoms with Crippen molar-refractivity contribution in [2.24, 2.45) is 11.8 Å². The fourth-order valence-electron chi connectivity index (χ4n) is 6.09. The van der Waals surface area contributed by atoms with Crippen LogP contribution in [0.15, 0.2) is 57.9 Å². The van der Waals surface area contributed by atoms with Crippen LogP contribution in [0.1, 0.15) is 45.4 Å². The lowest BCUT2D eigenvalue weighted by molar-refractivity contribution is -0.0907. The van der Waals surface area contributed by atoms with Crippen LogP contribution in [0.25, 0.3) is 11.0 Å². The Kier molecular flexibility index (Phi) is 11.7. The molecule has 2 aromatic carbocycles. The molecular weight excluding hydrogens is 677 g/mol. The molecule has 1 amide bonds. The number of carbonyl (C=O) groups excluding carboxylic acids is 1. The first-order valence-electron chi connectivity index (χ1n) is 16.4. The van der Waals surface area contributed by atoms with E-state index in [2.05, 4.69) is 10.5 Å². The van der Waals surface area contributed by atoms with E-state index in [0.29, 0.717) is 24.0 Å². The van der Waals surface area contributed by atoms with Crippen LogP contribution in [0.5, 0.6) is 0 Å². The molecule has 0 saturated carbocycles. The molecule has 2 saturated heterocycles. The number of aromatic nitrogens is 1. The number of nitrogens with one attached hydrogen (secondary N) is 1. The highest BCUT2D eigenvalue weighted by atomic mass is 32.2. The minimum atomic E-state index is -4.21. The zero-order valence-corrected chi connectivity index (χ0v) is 30.0. The number of hydrogen-bond donors (Lipinski definition) is 2. The van der Waals surface area contributed by atoms with E-state index in [1.54, 1.807) is 13.8 Å². The molecule has 0 radical (unpaired) electrons. The lowest BCUT2D eigenvalue weighted by Gasteiger charge is -2.31. The summed E-state index contributed by atoms with van der Waals surface area (Å²) in [7, 11) is -6.39. The predicted molar refractivity (Wildman–Crippen MR) is 180 cm³/mol. The molecule has 0 spiro atoms. The van der Waals surface area contributed by atoms with E-state index >= 15 is 0 Å². The normalized spacial score (nSPS) is 21.1. The number of benzene rings is 2. The number of nitrogens with zero attached hydrogens (tertiary/aromatic N) is 3. The fourth-order valence-corrected chi connectivity index (χ4v) is 8.76. The maximum Gasteiger partial charge on any atom is 0.407 e. The molecule has 2 fully saturated rings. The highest BCUT2D eigenvalue weighted by Gasteiger charge is 2.44. The first kappa shape index (κ1) is 37.1. The summed E-state index contributed by atoms with van der Waals surface area (Å²) >= 11 is 0. The summed E-state index contributed by atoms with van der Waals surface area (Å²) in [6.45, 7) is 7.23. The molecule has 270 valence electrons. The first-order chi connectivity index (χ1) is 23.2. The van der Waals surface area contributed by atoms with Gasteiger partial charge in [-0.2, -0.15) is 8.61 Å². The number of fused-ring (bicyclic) bond motifs is 2. The zero-order chi connectivity index (χ0) is 35.5. The Morgan fingerprint density at radius 2 is 1.80 bits per heavy atom. The summed E-state index contributed by atoms with van der Waals surface area (Å²) in [6.07, 6.45) is -2.05. The number of amides is 1. The van der Waals surface area contributed by atoms with Gasteiger partial charge in [-0.1, -0.05) is 49.3 Å². The number of aliphatic hydroxyl groups excluding tert-OH is 1. The van der Waals surface area contributed by atoms with Gasteiger partial charge in [0.25, 0.3) is 0 Å². The van der Waals surface area contributed by atoms with Gasteiger partial charge in [0.15, 0.2) is 11.9 Å². The van der Waals surface area contributed by atoms with Crippen LogP contribution in [-0.4, -0.2) is 105 Å². The van der Waals surface area contributed by atoms with Crippen LogP contribution in [0.4, 0.5) is 4.79 Å². The van der Waals surface area contributed by atoms with Crippen molar-refractivity contribution in [2.45, 2.75) is 81.8 Å². The van der Waals surface area contributed by atoms with E-state index in [-0.39, 0.29) is 55.1 Å². The van der Waals surface area contributed by atoms with Gasteiger partial charge in [0.1, 0.15) is 11.8 Å². The minimum Gasteiger partial charge on any atom is -0.443 e. The SMILES string of the molecule is CC(C)CN(C[C@@H](O)[C@H](Cc1ccccc1)NC(=O)OC1CO[C@H]2OCC[C@@H]12)S(=O)(=O)c1ccc2onc(CN(C)S(=O)(=O)C(C)C)c2c1. The van der Waals surface area contributed by atoms with Crippen LogP contribution < -0.4 is 5.32 Å². The highest BCUT2D eigenvalue weighted by Crippen LogP contribution is 2.33. The molecule has 3 aromatic rings. The largest absolute Gasteiger partial charge is 0.443 e. The number of rotatable bonds is 15. The van der Waals surface area contributed by atoms with E-state index in [1.807, 2.05) is 44.2 Å². The Bertz CT molecular complexity index is 1800. The lowest BCUT2D eigenvalue weighted by atomic mass is 10.0. The van der Waals surface area contributed by atoms with Crippen molar-refractivity contribution in [3.05, 3.63) is 59.8 Å². The summed E-state index contributed by atoms with van der Waals surface area (Å²) in [5.74, 6) is -0.181. The van der Waals surface area contributed by atoms with Gasteiger partial charge in [-0.15, -0.1) is 0 Å². The van der Waals surface area contributed by atoms with E-state index in [0.717, 1.165) is 9.87 Å². The van der Waals surface area contributed by atoms with Gasteiger partial charge in [0.2, 0.25) is 20.0 Å². The van der Waals surface area contributed by atoms with Crippen LogP contribution in [-0.2, 0) is 47.2 Å². The van der Waals surface area contributed by atoms with Crippen molar-refractivity contribution < 1.29 is 45.5 Å². The van der Waals surface area contributed by atoms with Gasteiger partial charge in [-0.25, -0.2) is 21.6 Å². The third kappa shape index (κ3) is 8.61. The molecule has 2 aliphatic heterocycles. The first-order valence-corrected chi connectivity index (χ1v) is 19.4. The Balaban J connectivity index is 1.38. The Morgan fingerprint density at radius 3 is 2.49 bits per heavy atom. The number of sulfonamides is 2. The standard InChI is InChI=1S/C33H46N4O10S2/c1-21(2)17-37(49(42,43)24-11-12-30-26(16-24)28(35-47-30)18-36(5)48(40,41)22(3)4)19-29(38)27(15-23-9-7-6-8-10-23)34-33(39)46-31-20-45-32-25(31)13-14-44-32/h6-12,16,21-22,25,27,29,31-32,38H,13-15,17-20H2,1-5H3,(H,34,39)/t25-,27-,29+,31?,32+/m0/s1. The second-order valence-corrected chi connectivity index (χ2v) is 17.9. The molecular formula is C33H46N4O10S2. The van der Waals surface area contributed by atoms with Gasteiger partial charge >= 0.3 is 6.09 Å². The molecule has 3 heterocycles. The number of carbonyl (C=O) groups is 1. The van der Waals surface area contributed by atoms with Gasteiger partial charge in [0.05, 0.1) is 48.0 Å². The highest BCUT2D eigenvalue weighted by molar-refractivity contribution is 7.89. The van der Waals surface area contributed by atoms with Crippen LogP contribution in [0.3, 0.4) is 0 Å². The van der Waals surface area contributed by atoms with Crippen molar-refractivity contribution in [3.63, 3.8) is 0 Å². The van der Waals surface area contributed by atoms with Crippen molar-refractivity contribution >= 4 is 37.1 Å². The fraction of sp³-hybridized carbons (Fsp3) is 0.576. The topological polar surface area (TPSA) is 178 Å². The number of alkyl carbamates (subject to hydrolysis) is 1. The van der Waals surface area contributed by atoms with E-state index in [4.69, 9.17) is 18.7 Å². The van der Waals surface area contributed by atoms with Gasteiger partial charge in [-0.3, -0.25) is 0 Å². The molecule has 0 bridgehead atoms. The summed E-state index contributed by atoms with van der Waals surface area (Å²) < 4.78 is 78.3. The summed E-state index contributed by atoms with van der Waals surface area (Å²) in [5.41, 5.74) is 1.39. The molecule has 49 heavy (non-hydrogen) atoms. The monoisotopic (exact) mass is 722 g/mol. The smallest absolute Gasteiger partial charge is 0.407 e. The van der Waals surface area contributed by atoms with E-state index in [1.165, 1.54) is 29.6 Å². The summed E-state index contributed by atoms with van der Waals surface area (Å²) in [5, 5.41) is 18.1. The summed E-state index contributed by atoms with van der Waals surface area (Å²) in [4.78, 5) is 13.1. The minimum absolute atomic E-state index is 0.0711. The quantitative estimate of drug-likeness (QED) is 0.236. The van der Waals surface area contributed by atoms with Crippen molar-refractivity contribution in [1.82, 2.24) is 19.1 Å². The molecule has 5 atom stereocenters. The lowest BCUT2D eigenvalue weighted by Crippen LogP contribution is -2.51. The molecule has 16 heteroatoms. The van der Waals surface area contributed by atoms with Crippen molar-refractivity contribution in [3.8, 4) is 0 Å². The molecule has 1 unspecified atom stereocenters. The molecule has 1 aromatic heterocycles. The summed E-state index contributed by atoms with van der Waals surface area (Å²) in [6, 6.07) is 12.6. The molecule has 14 nitrogen and oxygen atoms in total. The molecule has 5 rings (SSSR count). The molecule has 2 aliphatic rings. The average Bonchev–Trinajstić information content (AvgIpc) is 3.78. The third-order valence-corrected chi connectivity index (χ3v) is 12.8. The predicted octanol–water partition coefficient (Wildman–Crippen LogP) is 3.10. The Hall–Kier alpha value is -3.12. The van der Waals surface area contributed by atoms with Crippen LogP contribution in [0.2, 0.25) is 0 Å². The zero-order valence-electron chi connectivity index (χ0n) is 28.4. The molecule has 2 N–H and O–H groups in total. The van der Waals surface area contributed by atoms with Gasteiger partial charge < -0.3 is 29.2 Å². The Morgan fingerprint density at radius 1 is 1.06 bits per heavy atom. The second-order valence-electron chi connectivity index (χ2n) is 13.3. The number of aliphatic hydroxyl groups is 1. The molecule has 0 aliphatic carbocycles.